The molecule has 47 heavy (non-hydrogen) atoms. The van der Waals surface area contributed by atoms with E-state index in [2.05, 4.69) is 140 Å². The molecular formula is C43H27N3S. The van der Waals surface area contributed by atoms with Gasteiger partial charge in [-0.2, -0.15) is 0 Å². The number of hydrogen-bond donors (Lipinski definition) is 0. The van der Waals surface area contributed by atoms with Crippen LogP contribution in [0.5, 0.6) is 0 Å². The van der Waals surface area contributed by atoms with Crippen molar-refractivity contribution in [2.24, 2.45) is 0 Å². The number of thiophene rings is 1. The molecule has 0 radical (unpaired) electrons. The predicted molar refractivity (Wildman–Crippen MR) is 197 cm³/mol. The highest BCUT2D eigenvalue weighted by atomic mass is 32.1. The molecule has 0 unspecified atom stereocenters. The Morgan fingerprint density at radius 3 is 1.77 bits per heavy atom. The number of rotatable bonds is 5. The van der Waals surface area contributed by atoms with Gasteiger partial charge in [0.2, 0.25) is 0 Å². The standard InChI is InChI=1S/C43H27N3S/c1-3-12-28(13-4-1)35-24-22-29-14-7-8-19-34(29)40(35)43-45-41(30-15-5-2-6-16-30)44-42(46-43)33-18-11-17-31(26-33)32-23-25-37-36-20-9-10-21-38(36)47-39(37)27-32/h1-27H. The fraction of sp³-hybridized carbons (Fsp3) is 0. The van der Waals surface area contributed by atoms with Crippen molar-refractivity contribution in [2.75, 3.05) is 0 Å². The summed E-state index contributed by atoms with van der Waals surface area (Å²) in [6, 6.07) is 57.4. The lowest BCUT2D eigenvalue weighted by Crippen LogP contribution is -2.02. The second kappa shape index (κ2) is 11.4. The Balaban J connectivity index is 1.24. The van der Waals surface area contributed by atoms with Gasteiger partial charge in [-0.25, -0.2) is 15.0 Å². The normalized spacial score (nSPS) is 11.4. The lowest BCUT2D eigenvalue weighted by Gasteiger charge is -2.15. The minimum Gasteiger partial charge on any atom is -0.208 e. The van der Waals surface area contributed by atoms with E-state index in [0.717, 1.165) is 44.2 Å². The molecule has 0 atom stereocenters. The van der Waals surface area contributed by atoms with Gasteiger partial charge >= 0.3 is 0 Å². The molecule has 2 aromatic heterocycles. The molecule has 3 nitrogen and oxygen atoms in total. The summed E-state index contributed by atoms with van der Waals surface area (Å²) in [7, 11) is 0. The quantitative estimate of drug-likeness (QED) is 0.193. The third kappa shape index (κ3) is 4.96. The highest BCUT2D eigenvalue weighted by Gasteiger charge is 2.19. The highest BCUT2D eigenvalue weighted by Crippen LogP contribution is 2.39. The summed E-state index contributed by atoms with van der Waals surface area (Å²) in [5.41, 5.74) is 7.40. The van der Waals surface area contributed by atoms with Crippen molar-refractivity contribution in [3.8, 4) is 56.4 Å². The number of fused-ring (bicyclic) bond motifs is 4. The predicted octanol–water partition coefficient (Wildman–Crippen LogP) is 11.7. The van der Waals surface area contributed by atoms with Crippen LogP contribution in [0.3, 0.4) is 0 Å². The Morgan fingerprint density at radius 1 is 0.340 bits per heavy atom. The molecule has 0 saturated heterocycles. The average molecular weight is 618 g/mol. The van der Waals surface area contributed by atoms with Crippen molar-refractivity contribution >= 4 is 42.3 Å². The lowest BCUT2D eigenvalue weighted by molar-refractivity contribution is 1.08. The molecule has 7 aromatic carbocycles. The zero-order valence-electron chi connectivity index (χ0n) is 25.3. The number of benzene rings is 7. The van der Waals surface area contributed by atoms with E-state index in [9.17, 15) is 0 Å². The first-order valence-corrected chi connectivity index (χ1v) is 16.5. The van der Waals surface area contributed by atoms with Gasteiger partial charge < -0.3 is 0 Å². The molecule has 0 amide bonds. The Morgan fingerprint density at radius 2 is 0.936 bits per heavy atom. The summed E-state index contributed by atoms with van der Waals surface area (Å²) < 4.78 is 2.59. The van der Waals surface area contributed by atoms with Gasteiger partial charge in [0, 0.05) is 36.9 Å². The fourth-order valence-electron chi connectivity index (χ4n) is 6.45. The van der Waals surface area contributed by atoms with Gasteiger partial charge in [0.25, 0.3) is 0 Å². The van der Waals surface area contributed by atoms with Crippen LogP contribution in [-0.4, -0.2) is 15.0 Å². The molecular weight excluding hydrogens is 591 g/mol. The highest BCUT2D eigenvalue weighted by molar-refractivity contribution is 7.25. The molecule has 220 valence electrons. The Bertz CT molecular complexity index is 2570. The van der Waals surface area contributed by atoms with Gasteiger partial charge in [-0.15, -0.1) is 11.3 Å². The SMILES string of the molecule is c1ccc(-c2nc(-c3cccc(-c4ccc5c(c4)sc4ccccc45)c3)nc(-c3c(-c4ccccc4)ccc4ccccc34)n2)cc1. The van der Waals surface area contributed by atoms with E-state index in [1.807, 2.05) is 35.6 Å². The van der Waals surface area contributed by atoms with Crippen molar-refractivity contribution in [2.45, 2.75) is 0 Å². The second-order valence-corrected chi connectivity index (χ2v) is 12.7. The van der Waals surface area contributed by atoms with Gasteiger partial charge in [0.05, 0.1) is 0 Å². The molecule has 9 aromatic rings. The van der Waals surface area contributed by atoms with Crippen LogP contribution >= 0.6 is 11.3 Å². The van der Waals surface area contributed by atoms with Crippen molar-refractivity contribution in [3.05, 3.63) is 164 Å². The summed E-state index contributed by atoms with van der Waals surface area (Å²) in [4.78, 5) is 15.5. The Labute approximate surface area is 276 Å². The van der Waals surface area contributed by atoms with E-state index in [0.29, 0.717) is 17.5 Å². The van der Waals surface area contributed by atoms with E-state index in [-0.39, 0.29) is 0 Å². The first kappa shape index (κ1) is 27.3. The smallest absolute Gasteiger partial charge is 0.165 e. The summed E-state index contributed by atoms with van der Waals surface area (Å²) in [6.45, 7) is 0. The molecule has 0 fully saturated rings. The molecule has 0 bridgehead atoms. The van der Waals surface area contributed by atoms with E-state index in [1.165, 1.54) is 25.7 Å². The molecule has 0 saturated carbocycles. The summed E-state index contributed by atoms with van der Waals surface area (Å²) in [6.07, 6.45) is 0. The molecule has 0 aliphatic rings. The largest absolute Gasteiger partial charge is 0.208 e. The minimum absolute atomic E-state index is 0.644. The maximum absolute atomic E-state index is 5.23. The van der Waals surface area contributed by atoms with Crippen LogP contribution in [0, 0.1) is 0 Å². The van der Waals surface area contributed by atoms with E-state index < -0.39 is 0 Å². The van der Waals surface area contributed by atoms with Gasteiger partial charge in [0.1, 0.15) is 0 Å². The van der Waals surface area contributed by atoms with Crippen LogP contribution in [0.4, 0.5) is 0 Å². The number of nitrogens with zero attached hydrogens (tertiary/aromatic N) is 3. The second-order valence-electron chi connectivity index (χ2n) is 11.6. The van der Waals surface area contributed by atoms with Crippen LogP contribution in [0.2, 0.25) is 0 Å². The molecule has 0 spiro atoms. The van der Waals surface area contributed by atoms with Crippen LogP contribution in [-0.2, 0) is 0 Å². The first-order chi connectivity index (χ1) is 23.3. The van der Waals surface area contributed by atoms with Gasteiger partial charge in [-0.3, -0.25) is 0 Å². The molecule has 9 rings (SSSR count). The Kier molecular flexibility index (Phi) is 6.65. The zero-order valence-corrected chi connectivity index (χ0v) is 26.2. The summed E-state index contributed by atoms with van der Waals surface area (Å²) in [5.74, 6) is 1.95. The van der Waals surface area contributed by atoms with Crippen molar-refractivity contribution in [1.29, 1.82) is 0 Å². The minimum atomic E-state index is 0.644. The van der Waals surface area contributed by atoms with Crippen molar-refractivity contribution < 1.29 is 0 Å². The summed E-state index contributed by atoms with van der Waals surface area (Å²) >= 11 is 1.84. The maximum Gasteiger partial charge on any atom is 0.165 e. The lowest BCUT2D eigenvalue weighted by atomic mass is 9.93. The molecule has 4 heteroatoms. The van der Waals surface area contributed by atoms with Crippen LogP contribution in [0.1, 0.15) is 0 Å². The fourth-order valence-corrected chi connectivity index (χ4v) is 7.59. The molecule has 0 aliphatic heterocycles. The van der Waals surface area contributed by atoms with Crippen LogP contribution in [0.15, 0.2) is 164 Å². The van der Waals surface area contributed by atoms with E-state index in [4.69, 9.17) is 15.0 Å². The maximum atomic E-state index is 5.23. The third-order valence-electron chi connectivity index (χ3n) is 8.74. The van der Waals surface area contributed by atoms with Crippen LogP contribution < -0.4 is 0 Å². The molecule has 0 aliphatic carbocycles. The van der Waals surface area contributed by atoms with E-state index >= 15 is 0 Å². The third-order valence-corrected chi connectivity index (χ3v) is 9.87. The van der Waals surface area contributed by atoms with Gasteiger partial charge in [-0.05, 0) is 51.2 Å². The Hall–Kier alpha value is -5.97. The van der Waals surface area contributed by atoms with E-state index in [1.54, 1.807) is 0 Å². The van der Waals surface area contributed by atoms with Gasteiger partial charge in [-0.1, -0.05) is 146 Å². The van der Waals surface area contributed by atoms with Crippen LogP contribution in [0.25, 0.3) is 87.4 Å². The molecule has 0 N–H and O–H groups in total. The van der Waals surface area contributed by atoms with Gasteiger partial charge in [0.15, 0.2) is 17.5 Å². The van der Waals surface area contributed by atoms with Crippen molar-refractivity contribution in [1.82, 2.24) is 15.0 Å². The van der Waals surface area contributed by atoms with Crippen molar-refractivity contribution in [3.63, 3.8) is 0 Å². The average Bonchev–Trinajstić information content (AvgIpc) is 3.53. The zero-order chi connectivity index (χ0) is 31.2. The number of hydrogen-bond acceptors (Lipinski definition) is 4. The monoisotopic (exact) mass is 617 g/mol. The topological polar surface area (TPSA) is 38.7 Å². The summed E-state index contributed by atoms with van der Waals surface area (Å²) in [5, 5.41) is 4.85. The first-order valence-electron chi connectivity index (χ1n) is 15.7. The number of aromatic nitrogens is 3. The molecule has 2 heterocycles.